The van der Waals surface area contributed by atoms with Gasteiger partial charge in [-0.25, -0.2) is 0 Å². The third-order valence-electron chi connectivity index (χ3n) is 3.68. The zero-order chi connectivity index (χ0) is 16.1. The lowest BCUT2D eigenvalue weighted by Gasteiger charge is -2.31. The SMILES string of the molecule is CCC(Oc1cc(C(N)=O)c(N)cc1OC)C1COCCN1. The monoisotopic (exact) mass is 309 g/mol. The van der Waals surface area contributed by atoms with E-state index in [9.17, 15) is 4.79 Å². The first-order valence-corrected chi connectivity index (χ1v) is 7.31. The molecule has 1 aliphatic heterocycles. The number of amides is 1. The van der Waals surface area contributed by atoms with Gasteiger partial charge in [-0.3, -0.25) is 4.79 Å². The van der Waals surface area contributed by atoms with Crippen molar-refractivity contribution in [3.05, 3.63) is 17.7 Å². The first-order valence-electron chi connectivity index (χ1n) is 7.31. The summed E-state index contributed by atoms with van der Waals surface area (Å²) in [6.07, 6.45) is 0.666. The number of hydrogen-bond donors (Lipinski definition) is 3. The van der Waals surface area contributed by atoms with Crippen LogP contribution in [0.1, 0.15) is 23.7 Å². The molecule has 2 unspecified atom stereocenters. The third-order valence-corrected chi connectivity index (χ3v) is 3.68. The fourth-order valence-corrected chi connectivity index (χ4v) is 2.48. The molecule has 1 aromatic carbocycles. The Labute approximate surface area is 129 Å². The number of anilines is 1. The highest BCUT2D eigenvalue weighted by Gasteiger charge is 2.25. The van der Waals surface area contributed by atoms with Crippen LogP contribution in [0.4, 0.5) is 5.69 Å². The first-order chi connectivity index (χ1) is 10.6. The molecular weight excluding hydrogens is 286 g/mol. The van der Waals surface area contributed by atoms with Crippen molar-refractivity contribution in [2.24, 2.45) is 5.73 Å². The van der Waals surface area contributed by atoms with Crippen LogP contribution in [0.3, 0.4) is 0 Å². The van der Waals surface area contributed by atoms with Crippen molar-refractivity contribution >= 4 is 11.6 Å². The van der Waals surface area contributed by atoms with Crippen molar-refractivity contribution in [1.82, 2.24) is 5.32 Å². The zero-order valence-corrected chi connectivity index (χ0v) is 12.9. The lowest BCUT2D eigenvalue weighted by Crippen LogP contribution is -2.50. The lowest BCUT2D eigenvalue weighted by atomic mass is 10.1. The van der Waals surface area contributed by atoms with Crippen LogP contribution >= 0.6 is 0 Å². The summed E-state index contributed by atoms with van der Waals surface area (Å²) in [5.41, 5.74) is 11.6. The van der Waals surface area contributed by atoms with Gasteiger partial charge in [0.25, 0.3) is 5.91 Å². The average molecular weight is 309 g/mol. The Hall–Kier alpha value is -1.99. The molecule has 2 rings (SSSR count). The molecule has 1 fully saturated rings. The predicted molar refractivity (Wildman–Crippen MR) is 83.2 cm³/mol. The molecule has 0 spiro atoms. The van der Waals surface area contributed by atoms with Crippen molar-refractivity contribution in [3.63, 3.8) is 0 Å². The number of ether oxygens (including phenoxy) is 3. The summed E-state index contributed by atoms with van der Waals surface area (Å²) in [5.74, 6) is 0.319. The van der Waals surface area contributed by atoms with E-state index < -0.39 is 5.91 Å². The molecule has 7 nitrogen and oxygen atoms in total. The van der Waals surface area contributed by atoms with Crippen LogP contribution in [-0.4, -0.2) is 44.9 Å². The summed E-state index contributed by atoms with van der Waals surface area (Å²) in [6, 6.07) is 3.16. The van der Waals surface area contributed by atoms with Crippen LogP contribution in [-0.2, 0) is 4.74 Å². The second-order valence-corrected chi connectivity index (χ2v) is 5.15. The molecule has 1 aromatic rings. The Kier molecular flexibility index (Phi) is 5.46. The summed E-state index contributed by atoms with van der Waals surface area (Å²) in [5, 5.41) is 3.37. The van der Waals surface area contributed by atoms with Crippen molar-refractivity contribution < 1.29 is 19.0 Å². The maximum atomic E-state index is 11.4. The smallest absolute Gasteiger partial charge is 0.250 e. The summed E-state index contributed by atoms with van der Waals surface area (Å²) >= 11 is 0. The van der Waals surface area contributed by atoms with E-state index in [0.29, 0.717) is 24.7 Å². The number of carbonyl (C=O) groups is 1. The van der Waals surface area contributed by atoms with Crippen LogP contribution in [0.15, 0.2) is 12.1 Å². The van der Waals surface area contributed by atoms with E-state index in [2.05, 4.69) is 5.32 Å². The van der Waals surface area contributed by atoms with Crippen LogP contribution in [0.5, 0.6) is 11.5 Å². The number of nitrogens with one attached hydrogen (secondary N) is 1. The number of primary amides is 1. The molecule has 1 heterocycles. The second-order valence-electron chi connectivity index (χ2n) is 5.15. The van der Waals surface area contributed by atoms with Crippen molar-refractivity contribution in [2.45, 2.75) is 25.5 Å². The minimum absolute atomic E-state index is 0.0815. The molecule has 1 aliphatic rings. The fourth-order valence-electron chi connectivity index (χ4n) is 2.48. The van der Waals surface area contributed by atoms with Gasteiger partial charge in [0.2, 0.25) is 0 Å². The van der Waals surface area contributed by atoms with Gasteiger partial charge in [0, 0.05) is 18.3 Å². The van der Waals surface area contributed by atoms with E-state index in [4.69, 9.17) is 25.7 Å². The first kappa shape index (κ1) is 16.4. The van der Waals surface area contributed by atoms with E-state index in [1.165, 1.54) is 13.2 Å². The summed E-state index contributed by atoms with van der Waals surface area (Å²) < 4.78 is 16.8. The van der Waals surface area contributed by atoms with E-state index in [-0.39, 0.29) is 23.4 Å². The van der Waals surface area contributed by atoms with Crippen LogP contribution in [0, 0.1) is 0 Å². The number of nitrogens with two attached hydrogens (primary N) is 2. The summed E-state index contributed by atoms with van der Waals surface area (Å²) in [6.45, 7) is 4.10. The number of morpholine rings is 1. The van der Waals surface area contributed by atoms with Gasteiger partial charge in [0.05, 0.1) is 31.9 Å². The van der Waals surface area contributed by atoms with Crippen molar-refractivity contribution in [3.8, 4) is 11.5 Å². The van der Waals surface area contributed by atoms with Crippen molar-refractivity contribution in [2.75, 3.05) is 32.6 Å². The van der Waals surface area contributed by atoms with Crippen LogP contribution in [0.25, 0.3) is 0 Å². The molecule has 0 saturated carbocycles. The van der Waals surface area contributed by atoms with Gasteiger partial charge in [-0.1, -0.05) is 6.92 Å². The normalized spacial score (nSPS) is 19.5. The fraction of sp³-hybridized carbons (Fsp3) is 0.533. The minimum atomic E-state index is -0.600. The lowest BCUT2D eigenvalue weighted by molar-refractivity contribution is 0.0258. The van der Waals surface area contributed by atoms with E-state index in [1.807, 2.05) is 6.92 Å². The molecule has 0 aromatic heterocycles. The number of nitrogen functional groups attached to an aromatic ring is 1. The van der Waals surface area contributed by atoms with E-state index >= 15 is 0 Å². The quantitative estimate of drug-likeness (QED) is 0.661. The molecule has 2 atom stereocenters. The molecule has 0 aliphatic carbocycles. The Balaban J connectivity index is 2.25. The Morgan fingerprint density at radius 1 is 1.50 bits per heavy atom. The Morgan fingerprint density at radius 3 is 2.82 bits per heavy atom. The number of methoxy groups -OCH3 is 1. The molecule has 7 heteroatoms. The van der Waals surface area contributed by atoms with Crippen LogP contribution in [0.2, 0.25) is 0 Å². The molecular formula is C15H23N3O4. The molecule has 5 N–H and O–H groups in total. The summed E-state index contributed by atoms with van der Waals surface area (Å²) in [4.78, 5) is 11.4. The number of carbonyl (C=O) groups excluding carboxylic acids is 1. The second kappa shape index (κ2) is 7.33. The number of hydrogen-bond acceptors (Lipinski definition) is 6. The Morgan fingerprint density at radius 2 is 2.27 bits per heavy atom. The standard InChI is InChI=1S/C15H23N3O4/c1-3-12(11-8-21-5-4-18-11)22-14-6-9(15(17)19)10(16)7-13(14)20-2/h6-7,11-12,18H,3-5,8,16H2,1-2H3,(H2,17,19). The molecule has 1 amide bonds. The maximum Gasteiger partial charge on any atom is 0.250 e. The van der Waals surface area contributed by atoms with Gasteiger partial charge in [-0.05, 0) is 12.5 Å². The van der Waals surface area contributed by atoms with Gasteiger partial charge in [0.15, 0.2) is 11.5 Å². The topological polar surface area (TPSA) is 109 Å². The zero-order valence-electron chi connectivity index (χ0n) is 12.9. The van der Waals surface area contributed by atoms with Gasteiger partial charge in [-0.2, -0.15) is 0 Å². The average Bonchev–Trinajstić information content (AvgIpc) is 2.53. The Bertz CT molecular complexity index is 530. The molecule has 0 radical (unpaired) electrons. The van der Waals surface area contributed by atoms with Crippen molar-refractivity contribution in [1.29, 1.82) is 0 Å². The maximum absolute atomic E-state index is 11.4. The van der Waals surface area contributed by atoms with Gasteiger partial charge >= 0.3 is 0 Å². The predicted octanol–water partition coefficient (Wildman–Crippen LogP) is 0.522. The molecule has 22 heavy (non-hydrogen) atoms. The number of rotatable bonds is 6. The highest BCUT2D eigenvalue weighted by atomic mass is 16.5. The van der Waals surface area contributed by atoms with Gasteiger partial charge < -0.3 is 31.0 Å². The van der Waals surface area contributed by atoms with E-state index in [0.717, 1.165) is 13.0 Å². The van der Waals surface area contributed by atoms with Gasteiger partial charge in [-0.15, -0.1) is 0 Å². The molecule has 1 saturated heterocycles. The highest BCUT2D eigenvalue weighted by Crippen LogP contribution is 2.33. The van der Waals surface area contributed by atoms with Gasteiger partial charge in [0.1, 0.15) is 6.10 Å². The molecule has 122 valence electrons. The molecule has 0 bridgehead atoms. The van der Waals surface area contributed by atoms with E-state index in [1.54, 1.807) is 6.07 Å². The third kappa shape index (κ3) is 3.61. The highest BCUT2D eigenvalue weighted by molar-refractivity contribution is 5.98. The number of benzene rings is 1. The largest absolute Gasteiger partial charge is 0.493 e. The minimum Gasteiger partial charge on any atom is -0.493 e. The summed E-state index contributed by atoms with van der Waals surface area (Å²) in [7, 11) is 1.52. The van der Waals surface area contributed by atoms with Crippen LogP contribution < -0.4 is 26.3 Å².